The van der Waals surface area contributed by atoms with Crippen LogP contribution in [0.4, 0.5) is 23.4 Å². The number of rotatable bonds is 5. The van der Waals surface area contributed by atoms with Gasteiger partial charge in [-0.25, -0.2) is 9.37 Å². The monoisotopic (exact) mass is 413 g/mol. The van der Waals surface area contributed by atoms with Crippen LogP contribution in [0.3, 0.4) is 0 Å². The van der Waals surface area contributed by atoms with Gasteiger partial charge in [0, 0.05) is 30.2 Å². The van der Waals surface area contributed by atoms with E-state index in [-0.39, 0.29) is 23.5 Å². The van der Waals surface area contributed by atoms with Gasteiger partial charge in [0.2, 0.25) is 5.91 Å². The van der Waals surface area contributed by atoms with E-state index in [1.54, 1.807) is 12.1 Å². The zero-order valence-electron chi connectivity index (χ0n) is 14.9. The maximum atomic E-state index is 12.9. The number of benzene rings is 1. The third-order valence-electron chi connectivity index (χ3n) is 4.44. The van der Waals surface area contributed by atoms with Crippen molar-refractivity contribution in [3.63, 3.8) is 0 Å². The second-order valence-corrected chi connectivity index (χ2v) is 7.52. The van der Waals surface area contributed by atoms with Gasteiger partial charge in [-0.1, -0.05) is 0 Å². The number of amides is 1. The van der Waals surface area contributed by atoms with Gasteiger partial charge >= 0.3 is 6.18 Å². The molecule has 2 heterocycles. The first-order valence-electron chi connectivity index (χ1n) is 8.77. The van der Waals surface area contributed by atoms with Crippen LogP contribution < -0.4 is 10.2 Å². The van der Waals surface area contributed by atoms with E-state index in [4.69, 9.17) is 0 Å². The predicted octanol–water partition coefficient (Wildman–Crippen LogP) is 4.12. The number of piperidine rings is 1. The molecular weight excluding hydrogens is 394 g/mol. The number of thioether (sulfide) groups is 1. The van der Waals surface area contributed by atoms with Crippen molar-refractivity contribution in [1.29, 1.82) is 0 Å². The third kappa shape index (κ3) is 5.60. The lowest BCUT2D eigenvalue weighted by Crippen LogP contribution is -2.45. The Hall–Kier alpha value is -2.29. The second kappa shape index (κ2) is 8.81. The summed E-state index contributed by atoms with van der Waals surface area (Å²) in [5.41, 5.74) is -0.767. The topological polar surface area (TPSA) is 45.2 Å². The summed E-state index contributed by atoms with van der Waals surface area (Å²) in [4.78, 5) is 18.7. The highest BCUT2D eigenvalue weighted by molar-refractivity contribution is 8.00. The lowest BCUT2D eigenvalue weighted by atomic mass is 10.0. The average molecular weight is 413 g/mol. The number of anilines is 1. The van der Waals surface area contributed by atoms with E-state index < -0.39 is 11.7 Å². The zero-order chi connectivity index (χ0) is 20.1. The minimum Gasteiger partial charge on any atom is -0.356 e. The molecule has 0 radical (unpaired) electrons. The molecule has 4 nitrogen and oxygen atoms in total. The smallest absolute Gasteiger partial charge is 0.356 e. The Balaban J connectivity index is 1.43. The van der Waals surface area contributed by atoms with Gasteiger partial charge in [0.15, 0.2) is 0 Å². The Morgan fingerprint density at radius 2 is 1.82 bits per heavy atom. The van der Waals surface area contributed by atoms with Gasteiger partial charge in [0.05, 0.1) is 11.3 Å². The summed E-state index contributed by atoms with van der Waals surface area (Å²) >= 11 is 1.34. The second-order valence-electron chi connectivity index (χ2n) is 6.47. The average Bonchev–Trinajstić information content (AvgIpc) is 2.68. The highest BCUT2D eigenvalue weighted by Crippen LogP contribution is 2.29. The van der Waals surface area contributed by atoms with Crippen molar-refractivity contribution in [2.75, 3.05) is 23.7 Å². The first-order chi connectivity index (χ1) is 13.3. The zero-order valence-corrected chi connectivity index (χ0v) is 15.7. The summed E-state index contributed by atoms with van der Waals surface area (Å²) < 4.78 is 50.7. The van der Waals surface area contributed by atoms with Crippen LogP contribution in [0.25, 0.3) is 0 Å². The van der Waals surface area contributed by atoms with E-state index in [0.29, 0.717) is 31.7 Å². The van der Waals surface area contributed by atoms with Gasteiger partial charge in [-0.2, -0.15) is 13.2 Å². The van der Waals surface area contributed by atoms with Crippen LogP contribution in [0.5, 0.6) is 0 Å². The molecule has 0 spiro atoms. The molecule has 0 atom stereocenters. The van der Waals surface area contributed by atoms with Gasteiger partial charge in [-0.05, 0) is 49.2 Å². The number of alkyl halides is 3. The van der Waals surface area contributed by atoms with Gasteiger partial charge < -0.3 is 10.2 Å². The van der Waals surface area contributed by atoms with Crippen LogP contribution in [0.2, 0.25) is 0 Å². The van der Waals surface area contributed by atoms with Crippen molar-refractivity contribution >= 4 is 23.5 Å². The van der Waals surface area contributed by atoms with Crippen LogP contribution >= 0.6 is 11.8 Å². The molecule has 28 heavy (non-hydrogen) atoms. The summed E-state index contributed by atoms with van der Waals surface area (Å²) in [6.45, 7) is 1.21. The SMILES string of the molecule is O=C(CSc1ccc(F)cc1)NC1CCN(c2ccc(C(F)(F)F)cn2)CC1. The number of aromatic nitrogens is 1. The van der Waals surface area contributed by atoms with Gasteiger partial charge in [0.25, 0.3) is 0 Å². The Morgan fingerprint density at radius 3 is 2.39 bits per heavy atom. The van der Waals surface area contributed by atoms with Gasteiger partial charge in [0.1, 0.15) is 11.6 Å². The van der Waals surface area contributed by atoms with Crippen molar-refractivity contribution in [3.8, 4) is 0 Å². The normalized spacial score (nSPS) is 15.5. The molecule has 1 fully saturated rings. The molecular formula is C19H19F4N3OS. The minimum absolute atomic E-state index is 0.0204. The summed E-state index contributed by atoms with van der Waals surface area (Å²) in [6, 6.07) is 8.39. The first kappa shape index (κ1) is 20.4. The van der Waals surface area contributed by atoms with Crippen LogP contribution in [-0.2, 0) is 11.0 Å². The van der Waals surface area contributed by atoms with E-state index in [1.165, 1.54) is 30.0 Å². The van der Waals surface area contributed by atoms with Crippen molar-refractivity contribution < 1.29 is 22.4 Å². The standard InChI is InChI=1S/C19H19F4N3OS/c20-14-2-4-16(5-3-14)28-12-18(27)25-15-7-9-26(10-8-15)17-6-1-13(11-24-17)19(21,22)23/h1-6,11,15H,7-10,12H2,(H,25,27). The van der Waals surface area contributed by atoms with Crippen LogP contribution in [-0.4, -0.2) is 35.8 Å². The Bertz CT molecular complexity index is 788. The van der Waals surface area contributed by atoms with E-state index in [9.17, 15) is 22.4 Å². The number of hydrogen-bond donors (Lipinski definition) is 1. The Kier molecular flexibility index (Phi) is 6.43. The van der Waals surface area contributed by atoms with E-state index in [0.717, 1.165) is 17.2 Å². The quantitative estimate of drug-likeness (QED) is 0.592. The van der Waals surface area contributed by atoms with Crippen molar-refractivity contribution in [3.05, 3.63) is 54.0 Å². The Labute approximate surface area is 164 Å². The fourth-order valence-electron chi connectivity index (χ4n) is 2.94. The predicted molar refractivity (Wildman–Crippen MR) is 99.7 cm³/mol. The maximum Gasteiger partial charge on any atom is 0.417 e. The van der Waals surface area contributed by atoms with E-state index >= 15 is 0 Å². The molecule has 1 N–H and O–H groups in total. The number of nitrogens with zero attached hydrogens (tertiary/aromatic N) is 2. The Morgan fingerprint density at radius 1 is 1.14 bits per heavy atom. The summed E-state index contributed by atoms with van der Waals surface area (Å²) in [6.07, 6.45) is -2.17. The molecule has 9 heteroatoms. The molecule has 1 aromatic heterocycles. The lowest BCUT2D eigenvalue weighted by molar-refractivity contribution is -0.137. The van der Waals surface area contributed by atoms with Crippen LogP contribution in [0, 0.1) is 5.82 Å². The molecule has 0 aliphatic carbocycles. The highest BCUT2D eigenvalue weighted by Gasteiger charge is 2.31. The number of carbonyl (C=O) groups excluding carboxylic acids is 1. The van der Waals surface area contributed by atoms with Crippen LogP contribution in [0.1, 0.15) is 18.4 Å². The van der Waals surface area contributed by atoms with Crippen LogP contribution in [0.15, 0.2) is 47.5 Å². The molecule has 1 aliphatic heterocycles. The number of pyridine rings is 1. The molecule has 0 saturated carbocycles. The number of hydrogen-bond acceptors (Lipinski definition) is 4. The molecule has 0 bridgehead atoms. The lowest BCUT2D eigenvalue weighted by Gasteiger charge is -2.33. The molecule has 1 amide bonds. The summed E-state index contributed by atoms with van der Waals surface area (Å²) in [7, 11) is 0. The molecule has 150 valence electrons. The minimum atomic E-state index is -4.39. The molecule has 2 aromatic rings. The van der Waals surface area contributed by atoms with E-state index in [1.807, 2.05) is 4.90 Å². The van der Waals surface area contributed by atoms with Crippen molar-refractivity contribution in [2.24, 2.45) is 0 Å². The molecule has 3 rings (SSSR count). The summed E-state index contributed by atoms with van der Waals surface area (Å²) in [5.74, 6) is 0.333. The van der Waals surface area contributed by atoms with Crippen molar-refractivity contribution in [2.45, 2.75) is 30.0 Å². The number of nitrogens with one attached hydrogen (secondary N) is 1. The van der Waals surface area contributed by atoms with Gasteiger partial charge in [-0.15, -0.1) is 11.8 Å². The number of halogens is 4. The van der Waals surface area contributed by atoms with E-state index in [2.05, 4.69) is 10.3 Å². The summed E-state index contributed by atoms with van der Waals surface area (Å²) in [5, 5.41) is 2.97. The number of carbonyl (C=O) groups is 1. The highest BCUT2D eigenvalue weighted by atomic mass is 32.2. The first-order valence-corrected chi connectivity index (χ1v) is 9.76. The fourth-order valence-corrected chi connectivity index (χ4v) is 3.65. The molecule has 0 unspecified atom stereocenters. The van der Waals surface area contributed by atoms with Crippen molar-refractivity contribution in [1.82, 2.24) is 10.3 Å². The maximum absolute atomic E-state index is 12.9. The van der Waals surface area contributed by atoms with Gasteiger partial charge in [-0.3, -0.25) is 4.79 Å². The fraction of sp³-hybridized carbons (Fsp3) is 0.368. The molecule has 1 aromatic carbocycles. The molecule has 1 saturated heterocycles. The third-order valence-corrected chi connectivity index (χ3v) is 5.45. The largest absolute Gasteiger partial charge is 0.417 e. The molecule has 1 aliphatic rings.